The minimum Gasteiger partial charge on any atom is -0.107 e. The van der Waals surface area contributed by atoms with Gasteiger partial charge in [0, 0.05) is 6.42 Å². The van der Waals surface area contributed by atoms with Crippen molar-refractivity contribution in [3.05, 3.63) is 5.92 Å². The smallest absolute Gasteiger partial charge is 0.00885 e. The van der Waals surface area contributed by atoms with Crippen molar-refractivity contribution < 1.29 is 0 Å². The zero-order valence-electron chi connectivity index (χ0n) is 7.33. The first-order valence-electron chi connectivity index (χ1n) is 3.96. The third kappa shape index (κ3) is 7.56. The van der Waals surface area contributed by atoms with E-state index in [1.165, 1.54) is 25.2 Å². The van der Waals surface area contributed by atoms with Gasteiger partial charge in [0.25, 0.3) is 0 Å². The second-order valence-electron chi connectivity index (χ2n) is 2.84. The Morgan fingerprint density at radius 2 is 1.90 bits per heavy atom. The van der Waals surface area contributed by atoms with E-state index in [1.54, 1.807) is 0 Å². The second-order valence-corrected chi connectivity index (χ2v) is 2.84. The monoisotopic (exact) mass is 137 g/mol. The first-order chi connectivity index (χ1) is 4.77. The minimum atomic E-state index is 1.07. The van der Waals surface area contributed by atoms with Gasteiger partial charge >= 0.3 is 0 Å². The van der Waals surface area contributed by atoms with Crippen LogP contribution in [0.4, 0.5) is 0 Å². The van der Waals surface area contributed by atoms with Gasteiger partial charge in [-0.2, -0.15) is 0 Å². The maximum Gasteiger partial charge on any atom is 0.00885 e. The van der Waals surface area contributed by atoms with Crippen LogP contribution in [0.15, 0.2) is 0 Å². The molecule has 0 aromatic rings. The van der Waals surface area contributed by atoms with Gasteiger partial charge in [-0.25, -0.2) is 0 Å². The predicted octanol–water partition coefficient (Wildman–Crippen LogP) is 3.18. The van der Waals surface area contributed by atoms with Crippen LogP contribution in [-0.4, -0.2) is 0 Å². The standard InChI is InChI=1S/C10H17/c1-4-5-6-7-8-9-10(2)3/h6-9H2,1-3H3. The summed E-state index contributed by atoms with van der Waals surface area (Å²) < 4.78 is 0. The zero-order valence-corrected chi connectivity index (χ0v) is 7.33. The lowest BCUT2D eigenvalue weighted by atomic mass is 10.1. The van der Waals surface area contributed by atoms with Gasteiger partial charge in [0.15, 0.2) is 0 Å². The van der Waals surface area contributed by atoms with E-state index in [0.29, 0.717) is 0 Å². The molecule has 0 N–H and O–H groups in total. The van der Waals surface area contributed by atoms with Crippen LogP contribution in [0.1, 0.15) is 46.5 Å². The summed E-state index contributed by atoms with van der Waals surface area (Å²) in [5.41, 5.74) is 0. The van der Waals surface area contributed by atoms with Crippen LogP contribution in [0.5, 0.6) is 0 Å². The summed E-state index contributed by atoms with van der Waals surface area (Å²) in [7, 11) is 0. The quantitative estimate of drug-likeness (QED) is 0.412. The summed E-state index contributed by atoms with van der Waals surface area (Å²) in [4.78, 5) is 0. The number of unbranched alkanes of at least 4 members (excludes halogenated alkanes) is 2. The molecule has 0 aliphatic carbocycles. The van der Waals surface area contributed by atoms with E-state index in [4.69, 9.17) is 0 Å². The van der Waals surface area contributed by atoms with Crippen LogP contribution in [0.2, 0.25) is 0 Å². The highest BCUT2D eigenvalue weighted by Gasteiger charge is 1.92. The zero-order chi connectivity index (χ0) is 7.82. The average molecular weight is 137 g/mol. The second kappa shape index (κ2) is 6.68. The van der Waals surface area contributed by atoms with Crippen molar-refractivity contribution in [2.24, 2.45) is 0 Å². The predicted molar refractivity (Wildman–Crippen MR) is 46.5 cm³/mol. The Kier molecular flexibility index (Phi) is 6.38. The Morgan fingerprint density at radius 1 is 1.20 bits per heavy atom. The highest BCUT2D eigenvalue weighted by molar-refractivity contribution is 4.94. The minimum absolute atomic E-state index is 1.07. The maximum atomic E-state index is 3.06. The van der Waals surface area contributed by atoms with Gasteiger partial charge in [-0.3, -0.25) is 0 Å². The topological polar surface area (TPSA) is 0 Å². The Morgan fingerprint density at radius 3 is 2.40 bits per heavy atom. The van der Waals surface area contributed by atoms with Gasteiger partial charge < -0.3 is 0 Å². The fraction of sp³-hybridized carbons (Fsp3) is 0.700. The molecular formula is C10H17. The van der Waals surface area contributed by atoms with Gasteiger partial charge in [-0.15, -0.1) is 11.8 Å². The van der Waals surface area contributed by atoms with Crippen molar-refractivity contribution in [3.8, 4) is 11.8 Å². The van der Waals surface area contributed by atoms with E-state index in [0.717, 1.165) is 6.42 Å². The Bertz CT molecular complexity index is 112. The molecule has 0 heteroatoms. The molecular weight excluding hydrogens is 120 g/mol. The van der Waals surface area contributed by atoms with Crippen molar-refractivity contribution in [3.63, 3.8) is 0 Å². The molecule has 0 aliphatic heterocycles. The van der Waals surface area contributed by atoms with Crippen LogP contribution < -0.4 is 0 Å². The highest BCUT2D eigenvalue weighted by Crippen LogP contribution is 2.08. The molecule has 0 saturated heterocycles. The molecule has 0 amide bonds. The lowest BCUT2D eigenvalue weighted by molar-refractivity contribution is 0.704. The average Bonchev–Trinajstić information content (AvgIpc) is 1.87. The van der Waals surface area contributed by atoms with Crippen LogP contribution in [0.25, 0.3) is 0 Å². The molecule has 0 nitrogen and oxygen atoms in total. The highest BCUT2D eigenvalue weighted by atomic mass is 14.0. The summed E-state index contributed by atoms with van der Waals surface area (Å²) in [5.74, 6) is 7.49. The normalized spacial score (nSPS) is 9.20. The number of rotatable bonds is 4. The van der Waals surface area contributed by atoms with Gasteiger partial charge in [0.05, 0.1) is 0 Å². The Hall–Kier alpha value is -0.440. The molecule has 0 aromatic heterocycles. The van der Waals surface area contributed by atoms with Crippen LogP contribution >= 0.6 is 0 Å². The molecule has 0 unspecified atom stereocenters. The van der Waals surface area contributed by atoms with Crippen molar-refractivity contribution in [2.45, 2.75) is 46.5 Å². The number of hydrogen-bond donors (Lipinski definition) is 0. The maximum absolute atomic E-state index is 3.06. The van der Waals surface area contributed by atoms with Crippen LogP contribution in [0.3, 0.4) is 0 Å². The molecule has 0 heterocycles. The molecule has 0 rings (SSSR count). The lowest BCUT2D eigenvalue weighted by Gasteiger charge is -2.00. The molecule has 0 atom stereocenters. The first-order valence-corrected chi connectivity index (χ1v) is 3.96. The summed E-state index contributed by atoms with van der Waals surface area (Å²) in [6.07, 6.45) is 4.90. The summed E-state index contributed by atoms with van der Waals surface area (Å²) in [5, 5.41) is 0. The Labute approximate surface area is 65.0 Å². The summed E-state index contributed by atoms with van der Waals surface area (Å²) in [6, 6.07) is 0. The SMILES string of the molecule is CC#CCCCC[C](C)C. The largest absolute Gasteiger partial charge is 0.107 e. The van der Waals surface area contributed by atoms with Gasteiger partial charge in [-0.05, 0) is 25.7 Å². The molecule has 0 fully saturated rings. The van der Waals surface area contributed by atoms with E-state index in [1.807, 2.05) is 6.92 Å². The summed E-state index contributed by atoms with van der Waals surface area (Å²) >= 11 is 0. The van der Waals surface area contributed by atoms with E-state index in [2.05, 4.69) is 25.7 Å². The van der Waals surface area contributed by atoms with Crippen LogP contribution in [0, 0.1) is 17.8 Å². The van der Waals surface area contributed by atoms with Crippen molar-refractivity contribution in [2.75, 3.05) is 0 Å². The van der Waals surface area contributed by atoms with Gasteiger partial charge in [-0.1, -0.05) is 20.3 Å². The van der Waals surface area contributed by atoms with Crippen LogP contribution in [-0.2, 0) is 0 Å². The van der Waals surface area contributed by atoms with Crippen molar-refractivity contribution in [1.29, 1.82) is 0 Å². The van der Waals surface area contributed by atoms with Crippen molar-refractivity contribution in [1.82, 2.24) is 0 Å². The van der Waals surface area contributed by atoms with E-state index >= 15 is 0 Å². The van der Waals surface area contributed by atoms with Crippen molar-refractivity contribution >= 4 is 0 Å². The van der Waals surface area contributed by atoms with Gasteiger partial charge in [0.2, 0.25) is 0 Å². The summed E-state index contributed by atoms with van der Waals surface area (Å²) in [6.45, 7) is 6.27. The third-order valence-corrected chi connectivity index (χ3v) is 1.41. The fourth-order valence-corrected chi connectivity index (χ4v) is 0.817. The molecule has 0 saturated carbocycles. The molecule has 0 aromatic carbocycles. The molecule has 0 bridgehead atoms. The molecule has 0 aliphatic rings. The fourth-order valence-electron chi connectivity index (χ4n) is 0.817. The van der Waals surface area contributed by atoms with E-state index in [-0.39, 0.29) is 0 Å². The number of hydrogen-bond acceptors (Lipinski definition) is 0. The third-order valence-electron chi connectivity index (χ3n) is 1.41. The van der Waals surface area contributed by atoms with E-state index in [9.17, 15) is 0 Å². The first kappa shape index (κ1) is 9.56. The molecule has 10 heavy (non-hydrogen) atoms. The molecule has 1 radical (unpaired) electrons. The molecule has 0 spiro atoms. The Balaban J connectivity index is 2.96. The van der Waals surface area contributed by atoms with Gasteiger partial charge in [0.1, 0.15) is 0 Å². The molecule has 57 valence electrons. The lowest BCUT2D eigenvalue weighted by Crippen LogP contribution is -1.83. The van der Waals surface area contributed by atoms with E-state index < -0.39 is 0 Å².